The molecule has 0 unspecified atom stereocenters. The van der Waals surface area contributed by atoms with Crippen LogP contribution >= 0.6 is 39.0 Å². The Labute approximate surface area is 202 Å². The van der Waals surface area contributed by atoms with Crippen LogP contribution in [0.4, 0.5) is 11.4 Å². The second-order valence-corrected chi connectivity index (χ2v) is 10.3. The summed E-state index contributed by atoms with van der Waals surface area (Å²) < 4.78 is 2.29. The molecular formula is C21H13BrN4O5S2. The van der Waals surface area contributed by atoms with E-state index in [9.17, 15) is 25.0 Å². The Bertz CT molecular complexity index is 1510. The molecule has 2 aromatic heterocycles. The third-order valence-electron chi connectivity index (χ3n) is 5.34. The smallest absolute Gasteiger partial charge is 0.268 e. The van der Waals surface area contributed by atoms with Crippen molar-refractivity contribution in [2.45, 2.75) is 29.3 Å². The van der Waals surface area contributed by atoms with Crippen molar-refractivity contribution < 1.29 is 9.85 Å². The molecular weight excluding hydrogens is 532 g/mol. The van der Waals surface area contributed by atoms with Gasteiger partial charge in [0.2, 0.25) is 0 Å². The second kappa shape index (κ2) is 8.36. The average Bonchev–Trinajstić information content (AvgIpc) is 3.36. The van der Waals surface area contributed by atoms with Gasteiger partial charge in [-0.25, -0.2) is 4.98 Å². The van der Waals surface area contributed by atoms with Crippen LogP contribution in [0.25, 0.3) is 15.9 Å². The van der Waals surface area contributed by atoms with Gasteiger partial charge in [-0.05, 0) is 66.9 Å². The number of aryl methyl sites for hydroxylation is 2. The first-order valence-electron chi connectivity index (χ1n) is 9.77. The highest BCUT2D eigenvalue weighted by atomic mass is 79.9. The molecule has 0 spiro atoms. The topological polar surface area (TPSA) is 121 Å². The third kappa shape index (κ3) is 3.83. The van der Waals surface area contributed by atoms with E-state index in [1.165, 1.54) is 28.0 Å². The third-order valence-corrected chi connectivity index (χ3v) is 8.08. The molecule has 0 saturated heterocycles. The minimum absolute atomic E-state index is 0.159. The van der Waals surface area contributed by atoms with Crippen LogP contribution in [0.2, 0.25) is 0 Å². The molecule has 2 aromatic carbocycles. The van der Waals surface area contributed by atoms with Crippen LogP contribution in [0.15, 0.2) is 61.8 Å². The van der Waals surface area contributed by atoms with Gasteiger partial charge in [0, 0.05) is 15.4 Å². The lowest BCUT2D eigenvalue weighted by molar-refractivity contribution is -0.396. The van der Waals surface area contributed by atoms with Crippen LogP contribution in [0, 0.1) is 20.2 Å². The fourth-order valence-electron chi connectivity index (χ4n) is 3.86. The number of non-ortho nitro benzene ring substituents is 1. The van der Waals surface area contributed by atoms with Gasteiger partial charge >= 0.3 is 0 Å². The molecule has 0 fully saturated rings. The zero-order valence-corrected chi connectivity index (χ0v) is 19.9. The molecule has 166 valence electrons. The van der Waals surface area contributed by atoms with Crippen molar-refractivity contribution in [3.05, 3.63) is 88.0 Å². The van der Waals surface area contributed by atoms with E-state index in [2.05, 4.69) is 15.9 Å². The summed E-state index contributed by atoms with van der Waals surface area (Å²) in [6, 6.07) is 10.6. The molecule has 0 saturated carbocycles. The summed E-state index contributed by atoms with van der Waals surface area (Å²) in [4.78, 5) is 41.7. The molecule has 0 amide bonds. The summed E-state index contributed by atoms with van der Waals surface area (Å²) in [6.45, 7) is 0. The van der Waals surface area contributed by atoms with Crippen molar-refractivity contribution in [2.24, 2.45) is 0 Å². The predicted molar refractivity (Wildman–Crippen MR) is 129 cm³/mol. The number of nitro benzene ring substituents is 2. The summed E-state index contributed by atoms with van der Waals surface area (Å²) in [5, 5.41) is 23.6. The van der Waals surface area contributed by atoms with Gasteiger partial charge in [0.25, 0.3) is 16.9 Å². The molecule has 4 aromatic rings. The summed E-state index contributed by atoms with van der Waals surface area (Å²) in [7, 11) is 0. The van der Waals surface area contributed by atoms with E-state index in [-0.39, 0.29) is 21.3 Å². The molecule has 1 aliphatic rings. The zero-order chi connectivity index (χ0) is 23.3. The van der Waals surface area contributed by atoms with E-state index in [1.807, 2.05) is 0 Å². The van der Waals surface area contributed by atoms with Gasteiger partial charge in [0.1, 0.15) is 4.83 Å². The van der Waals surface area contributed by atoms with Crippen molar-refractivity contribution in [1.82, 2.24) is 9.55 Å². The highest BCUT2D eigenvalue weighted by molar-refractivity contribution is 9.10. The van der Waals surface area contributed by atoms with Crippen LogP contribution < -0.4 is 5.56 Å². The quantitative estimate of drug-likeness (QED) is 0.180. The molecule has 0 N–H and O–H groups in total. The Morgan fingerprint density at radius 2 is 1.82 bits per heavy atom. The maximum atomic E-state index is 13.7. The van der Waals surface area contributed by atoms with E-state index in [0.29, 0.717) is 15.9 Å². The summed E-state index contributed by atoms with van der Waals surface area (Å²) in [5.41, 5.74) is 0.585. The number of halogens is 1. The fourth-order valence-corrected chi connectivity index (χ4v) is 6.42. The molecule has 0 atom stereocenters. The lowest BCUT2D eigenvalue weighted by atomic mass is 10.2. The molecule has 5 rings (SSSR count). The lowest BCUT2D eigenvalue weighted by Crippen LogP contribution is -2.21. The normalized spacial score (nSPS) is 12.8. The molecule has 9 nitrogen and oxygen atoms in total. The minimum Gasteiger partial charge on any atom is -0.268 e. The number of rotatable bonds is 5. The Morgan fingerprint density at radius 3 is 2.52 bits per heavy atom. The van der Waals surface area contributed by atoms with Gasteiger partial charge in [-0.2, -0.15) is 0 Å². The Hall–Kier alpha value is -3.09. The largest absolute Gasteiger partial charge is 0.290 e. The standard InChI is InChI=1S/C21H13BrN4O5S2/c22-11-4-6-12(7-5-11)24-20(27)18-14-2-1-3-16(14)32-19(18)23-21(24)33-17-9-8-13(25(28)29)10-15(17)26(30)31/h4-10H,1-3H2. The second-order valence-electron chi connectivity index (χ2n) is 7.32. The van der Waals surface area contributed by atoms with E-state index < -0.39 is 15.5 Å². The highest BCUT2D eigenvalue weighted by Gasteiger charge is 2.26. The first-order chi connectivity index (χ1) is 15.8. The van der Waals surface area contributed by atoms with Gasteiger partial charge in [-0.3, -0.25) is 29.6 Å². The highest BCUT2D eigenvalue weighted by Crippen LogP contribution is 2.40. The molecule has 0 bridgehead atoms. The maximum absolute atomic E-state index is 13.7. The van der Waals surface area contributed by atoms with Crippen molar-refractivity contribution in [3.63, 3.8) is 0 Å². The summed E-state index contributed by atoms with van der Waals surface area (Å²) in [5.74, 6) is 0. The Balaban J connectivity index is 1.74. The molecule has 1 aliphatic carbocycles. The van der Waals surface area contributed by atoms with Crippen molar-refractivity contribution >= 4 is 60.6 Å². The molecule has 2 heterocycles. The van der Waals surface area contributed by atoms with Gasteiger partial charge in [0.15, 0.2) is 5.16 Å². The van der Waals surface area contributed by atoms with Gasteiger partial charge in [-0.1, -0.05) is 15.9 Å². The van der Waals surface area contributed by atoms with E-state index in [0.717, 1.165) is 52.0 Å². The van der Waals surface area contributed by atoms with Crippen LogP contribution in [0.5, 0.6) is 0 Å². The van der Waals surface area contributed by atoms with E-state index in [1.54, 1.807) is 24.3 Å². The van der Waals surface area contributed by atoms with Gasteiger partial charge in [-0.15, -0.1) is 11.3 Å². The SMILES string of the molecule is O=c1c2c3c(sc2nc(Sc2ccc([N+](=O)[O-])cc2[N+](=O)[O-])n1-c1ccc(Br)cc1)CCC3. The first kappa shape index (κ1) is 21.7. The number of hydrogen-bond acceptors (Lipinski definition) is 8. The van der Waals surface area contributed by atoms with Crippen LogP contribution in [-0.2, 0) is 12.8 Å². The van der Waals surface area contributed by atoms with Crippen LogP contribution in [0.1, 0.15) is 16.9 Å². The molecule has 0 aliphatic heterocycles. The van der Waals surface area contributed by atoms with Crippen molar-refractivity contribution in [2.75, 3.05) is 0 Å². The fraction of sp³-hybridized carbons (Fsp3) is 0.143. The number of nitrogens with zero attached hydrogens (tertiary/aromatic N) is 4. The van der Waals surface area contributed by atoms with Gasteiger partial charge in [0.05, 0.1) is 31.9 Å². The maximum Gasteiger partial charge on any atom is 0.290 e. The van der Waals surface area contributed by atoms with E-state index in [4.69, 9.17) is 4.98 Å². The van der Waals surface area contributed by atoms with E-state index >= 15 is 0 Å². The Morgan fingerprint density at radius 1 is 1.06 bits per heavy atom. The summed E-state index contributed by atoms with van der Waals surface area (Å²) in [6.07, 6.45) is 2.73. The Kier molecular flexibility index (Phi) is 5.51. The monoisotopic (exact) mass is 544 g/mol. The number of aromatic nitrogens is 2. The number of nitro groups is 2. The number of thiophene rings is 1. The number of benzene rings is 2. The molecule has 12 heteroatoms. The minimum atomic E-state index is -0.684. The molecule has 0 radical (unpaired) electrons. The van der Waals surface area contributed by atoms with Crippen molar-refractivity contribution in [3.8, 4) is 5.69 Å². The summed E-state index contributed by atoms with van der Waals surface area (Å²) >= 11 is 5.81. The zero-order valence-electron chi connectivity index (χ0n) is 16.7. The van der Waals surface area contributed by atoms with Crippen LogP contribution in [0.3, 0.4) is 0 Å². The molecule has 33 heavy (non-hydrogen) atoms. The average molecular weight is 545 g/mol. The first-order valence-corrected chi connectivity index (χ1v) is 12.2. The lowest BCUT2D eigenvalue weighted by Gasteiger charge is -2.13. The number of fused-ring (bicyclic) bond motifs is 3. The van der Waals surface area contributed by atoms with Crippen LogP contribution in [-0.4, -0.2) is 19.4 Å². The van der Waals surface area contributed by atoms with Crippen molar-refractivity contribution in [1.29, 1.82) is 0 Å². The number of hydrogen-bond donors (Lipinski definition) is 0. The predicted octanol–water partition coefficient (Wildman–Crippen LogP) is 5.67. The van der Waals surface area contributed by atoms with Gasteiger partial charge < -0.3 is 0 Å².